The number of aliphatic hydroxyl groups is 3. The lowest BCUT2D eigenvalue weighted by molar-refractivity contribution is -0.160. The Morgan fingerprint density at radius 1 is 0.796 bits per heavy atom. The van der Waals surface area contributed by atoms with Crippen LogP contribution in [0.2, 0.25) is 0 Å². The number of aliphatic hydroxyl groups excluding tert-OH is 3. The van der Waals surface area contributed by atoms with Crippen molar-refractivity contribution >= 4 is 19.8 Å². The molecule has 6 N–H and O–H groups in total. The first-order chi connectivity index (χ1) is 26.0. The summed E-state index contributed by atoms with van der Waals surface area (Å²) in [5.41, 5.74) is 5.33. The summed E-state index contributed by atoms with van der Waals surface area (Å²) in [5, 5.41) is 31.3. The predicted molar refractivity (Wildman–Crippen MR) is 212 cm³/mol. The van der Waals surface area contributed by atoms with Crippen LogP contribution in [0, 0.1) is 11.8 Å². The van der Waals surface area contributed by atoms with Gasteiger partial charge < -0.3 is 35.4 Å². The SMILES string of the molecule is CCCCCC/C=C\CCCCCCCCCC(=O)O[C@H](COC(=O)C/C=C\C[C@H]1[C@@H](/C=C/[C@H](O)CCCCC)[C@H](O)C[C@@H]1O)COP(=O)(O)OCCN. The third kappa shape index (κ3) is 26.1. The zero-order valence-electron chi connectivity index (χ0n) is 33.3. The molecule has 1 fully saturated rings. The first-order valence-electron chi connectivity index (χ1n) is 20.7. The van der Waals surface area contributed by atoms with E-state index >= 15 is 0 Å². The van der Waals surface area contributed by atoms with E-state index in [2.05, 4.69) is 26.0 Å². The molecule has 0 radical (unpaired) electrons. The highest BCUT2D eigenvalue weighted by molar-refractivity contribution is 7.47. The number of esters is 2. The Kier molecular flexibility index (Phi) is 29.9. The Morgan fingerprint density at radius 3 is 2.09 bits per heavy atom. The van der Waals surface area contributed by atoms with E-state index in [-0.39, 0.29) is 50.9 Å². The summed E-state index contributed by atoms with van der Waals surface area (Å²) >= 11 is 0. The van der Waals surface area contributed by atoms with Gasteiger partial charge in [0.2, 0.25) is 0 Å². The fourth-order valence-electron chi connectivity index (χ4n) is 6.42. The Balaban J connectivity index is 2.48. The predicted octanol–water partition coefficient (Wildman–Crippen LogP) is 7.76. The van der Waals surface area contributed by atoms with Crippen LogP contribution in [0.15, 0.2) is 36.5 Å². The van der Waals surface area contributed by atoms with E-state index in [0.717, 1.165) is 51.4 Å². The van der Waals surface area contributed by atoms with E-state index < -0.39 is 50.8 Å². The molecule has 0 aromatic carbocycles. The molecule has 0 aliphatic heterocycles. The van der Waals surface area contributed by atoms with Crippen molar-refractivity contribution in [1.29, 1.82) is 0 Å². The summed E-state index contributed by atoms with van der Waals surface area (Å²) in [5.74, 6) is -1.73. The summed E-state index contributed by atoms with van der Waals surface area (Å²) in [6.45, 7) is 3.22. The van der Waals surface area contributed by atoms with Gasteiger partial charge in [0.1, 0.15) is 6.61 Å². The van der Waals surface area contributed by atoms with Crippen LogP contribution in [0.1, 0.15) is 149 Å². The first kappa shape index (κ1) is 50.1. The number of rotatable bonds is 34. The summed E-state index contributed by atoms with van der Waals surface area (Å²) in [4.78, 5) is 35.0. The van der Waals surface area contributed by atoms with Crippen molar-refractivity contribution in [2.24, 2.45) is 17.6 Å². The second-order valence-electron chi connectivity index (χ2n) is 14.5. The molecule has 54 heavy (non-hydrogen) atoms. The smallest absolute Gasteiger partial charge is 0.461 e. The number of hydrogen-bond acceptors (Lipinski definition) is 11. The molecule has 7 atom stereocenters. The van der Waals surface area contributed by atoms with E-state index in [1.807, 2.05) is 0 Å². The molecule has 1 saturated carbocycles. The summed E-state index contributed by atoms with van der Waals surface area (Å²) in [6, 6.07) is 0. The van der Waals surface area contributed by atoms with Crippen LogP contribution in [0.4, 0.5) is 0 Å². The van der Waals surface area contributed by atoms with Gasteiger partial charge in [0.15, 0.2) is 6.10 Å². The first-order valence-corrected chi connectivity index (χ1v) is 22.2. The summed E-state index contributed by atoms with van der Waals surface area (Å²) in [7, 11) is -4.46. The van der Waals surface area contributed by atoms with E-state index in [1.54, 1.807) is 24.3 Å². The lowest BCUT2D eigenvalue weighted by Crippen LogP contribution is -2.29. The van der Waals surface area contributed by atoms with Crippen LogP contribution in [0.25, 0.3) is 0 Å². The van der Waals surface area contributed by atoms with E-state index in [4.69, 9.17) is 24.3 Å². The van der Waals surface area contributed by atoms with Gasteiger partial charge in [-0.15, -0.1) is 0 Å². The van der Waals surface area contributed by atoms with Crippen LogP contribution < -0.4 is 5.73 Å². The van der Waals surface area contributed by atoms with Crippen LogP contribution in [0.3, 0.4) is 0 Å². The number of ether oxygens (including phenoxy) is 2. The molecular formula is C41H74NO11P. The Morgan fingerprint density at radius 2 is 1.43 bits per heavy atom. The minimum Gasteiger partial charge on any atom is -0.461 e. The number of phosphoric ester groups is 1. The molecule has 0 bridgehead atoms. The summed E-state index contributed by atoms with van der Waals surface area (Å²) < 4.78 is 32.7. The minimum atomic E-state index is -4.46. The molecular weight excluding hydrogens is 713 g/mol. The van der Waals surface area contributed by atoms with Gasteiger partial charge in [-0.3, -0.25) is 18.6 Å². The number of allylic oxidation sites excluding steroid dienone is 3. The zero-order valence-corrected chi connectivity index (χ0v) is 34.2. The fourth-order valence-corrected chi connectivity index (χ4v) is 7.19. The number of hydrogen-bond donors (Lipinski definition) is 5. The molecule has 314 valence electrons. The maximum absolute atomic E-state index is 12.6. The molecule has 13 heteroatoms. The monoisotopic (exact) mass is 787 g/mol. The molecule has 0 saturated heterocycles. The standard InChI is InChI=1S/C41H74NO11P/c1-3-5-7-8-9-10-11-12-13-14-15-16-17-18-20-26-41(47)53-35(33-52-54(48,49)51-30-29-42)32-50-40(46)25-22-21-24-36-37(39(45)31-38(36)44)28-27-34(43)23-19-6-4-2/h10-11,21-22,27-28,34-39,43-45H,3-9,12-20,23-26,29-33,42H2,1-2H3,(H,48,49)/b11-10-,22-21-,28-27+/t34-,35-,36+,37-,38+,39-/m1/s1. The third-order valence-electron chi connectivity index (χ3n) is 9.60. The number of carbonyl (C=O) groups is 2. The van der Waals surface area contributed by atoms with Gasteiger partial charge in [-0.2, -0.15) is 0 Å². The molecule has 1 rings (SSSR count). The van der Waals surface area contributed by atoms with Crippen molar-refractivity contribution < 1.29 is 52.9 Å². The average Bonchev–Trinajstić information content (AvgIpc) is 3.41. The van der Waals surface area contributed by atoms with Gasteiger partial charge in [0, 0.05) is 25.3 Å². The van der Waals surface area contributed by atoms with Crippen molar-refractivity contribution in [3.8, 4) is 0 Å². The molecule has 1 aliphatic carbocycles. The van der Waals surface area contributed by atoms with Gasteiger partial charge in [-0.25, -0.2) is 4.57 Å². The number of phosphoric acid groups is 1. The molecule has 1 unspecified atom stereocenters. The molecule has 0 aromatic rings. The molecule has 1 aliphatic rings. The highest BCUT2D eigenvalue weighted by atomic mass is 31.2. The van der Waals surface area contributed by atoms with Crippen LogP contribution in [0.5, 0.6) is 0 Å². The lowest BCUT2D eigenvalue weighted by Gasteiger charge is -2.20. The van der Waals surface area contributed by atoms with E-state index in [9.17, 15) is 34.4 Å². The van der Waals surface area contributed by atoms with Gasteiger partial charge in [-0.05, 0) is 50.9 Å². The van der Waals surface area contributed by atoms with Gasteiger partial charge >= 0.3 is 19.8 Å². The number of unbranched alkanes of at least 4 members (excludes halogenated alkanes) is 13. The lowest BCUT2D eigenvalue weighted by atomic mass is 9.89. The number of carbonyl (C=O) groups excluding carboxylic acids is 2. The molecule has 0 spiro atoms. The highest BCUT2D eigenvalue weighted by Gasteiger charge is 2.39. The maximum atomic E-state index is 12.6. The van der Waals surface area contributed by atoms with Gasteiger partial charge in [0.25, 0.3) is 0 Å². The van der Waals surface area contributed by atoms with Crippen molar-refractivity contribution in [2.75, 3.05) is 26.4 Å². The minimum absolute atomic E-state index is 0.00789. The quantitative estimate of drug-likeness (QED) is 0.0184. The van der Waals surface area contributed by atoms with Crippen LogP contribution >= 0.6 is 7.82 Å². The van der Waals surface area contributed by atoms with Crippen LogP contribution in [-0.2, 0) is 32.7 Å². The van der Waals surface area contributed by atoms with Crippen molar-refractivity contribution in [1.82, 2.24) is 0 Å². The fraction of sp³-hybridized carbons (Fsp3) is 0.805. The van der Waals surface area contributed by atoms with Crippen molar-refractivity contribution in [2.45, 2.75) is 173 Å². The van der Waals surface area contributed by atoms with Crippen molar-refractivity contribution in [3.05, 3.63) is 36.5 Å². The van der Waals surface area contributed by atoms with Gasteiger partial charge in [0.05, 0.1) is 37.9 Å². The van der Waals surface area contributed by atoms with E-state index in [0.29, 0.717) is 19.3 Å². The van der Waals surface area contributed by atoms with Gasteiger partial charge in [-0.1, -0.05) is 121 Å². The molecule has 0 amide bonds. The van der Waals surface area contributed by atoms with E-state index in [1.165, 1.54) is 44.9 Å². The summed E-state index contributed by atoms with van der Waals surface area (Å²) in [6.07, 6.45) is 27.3. The second-order valence-corrected chi connectivity index (χ2v) is 15.9. The highest BCUT2D eigenvalue weighted by Crippen LogP contribution is 2.43. The topological polar surface area (TPSA) is 195 Å². The normalized spacial score (nSPS) is 21.2. The second kappa shape index (κ2) is 32.2. The molecule has 0 heterocycles. The largest absolute Gasteiger partial charge is 0.472 e. The Bertz CT molecular complexity index is 1100. The zero-order chi connectivity index (χ0) is 39.9. The molecule has 12 nitrogen and oxygen atoms in total. The third-order valence-corrected chi connectivity index (χ3v) is 10.6. The average molecular weight is 788 g/mol. The molecule has 0 aromatic heterocycles. The Labute approximate surface area is 325 Å². The Hall–Kier alpha value is -1.89. The maximum Gasteiger partial charge on any atom is 0.472 e. The van der Waals surface area contributed by atoms with Crippen molar-refractivity contribution in [3.63, 3.8) is 0 Å². The number of nitrogens with two attached hydrogens (primary N) is 1. The van der Waals surface area contributed by atoms with Crippen LogP contribution in [-0.4, -0.2) is 82.9 Å².